The maximum absolute atomic E-state index is 10.7. The zero-order valence-corrected chi connectivity index (χ0v) is 9.37. The summed E-state index contributed by atoms with van der Waals surface area (Å²) in [5.41, 5.74) is 0. The van der Waals surface area contributed by atoms with E-state index in [0.29, 0.717) is 12.3 Å². The summed E-state index contributed by atoms with van der Waals surface area (Å²) in [6.45, 7) is 2.72. The molecule has 1 heterocycles. The second kappa shape index (κ2) is 5.29. The normalized spacial score (nSPS) is 12.8. The van der Waals surface area contributed by atoms with Gasteiger partial charge in [0.1, 0.15) is 5.82 Å². The summed E-state index contributed by atoms with van der Waals surface area (Å²) in [5, 5.41) is 3.90. The Bertz CT molecular complexity index is 287. The molecule has 0 amide bonds. The number of anilines is 1. The zero-order chi connectivity index (χ0) is 9.68. The van der Waals surface area contributed by atoms with Gasteiger partial charge in [-0.1, -0.05) is 6.92 Å². The van der Waals surface area contributed by atoms with Crippen LogP contribution in [0.3, 0.4) is 0 Å². The van der Waals surface area contributed by atoms with Crippen LogP contribution in [0.25, 0.3) is 0 Å². The van der Waals surface area contributed by atoms with E-state index in [1.165, 1.54) is 11.5 Å². The highest BCUT2D eigenvalue weighted by molar-refractivity contribution is 7.84. The molecule has 0 aliphatic rings. The molecular formula is C7H13N3OS2. The van der Waals surface area contributed by atoms with E-state index in [1.807, 2.05) is 6.92 Å². The average molecular weight is 219 g/mol. The lowest BCUT2D eigenvalue weighted by Crippen LogP contribution is -2.09. The van der Waals surface area contributed by atoms with Crippen LogP contribution in [-0.4, -0.2) is 32.1 Å². The van der Waals surface area contributed by atoms with Gasteiger partial charge in [0.25, 0.3) is 0 Å². The van der Waals surface area contributed by atoms with Crippen LogP contribution in [0.1, 0.15) is 12.7 Å². The number of rotatable bonds is 5. The molecule has 74 valence electrons. The van der Waals surface area contributed by atoms with E-state index >= 15 is 0 Å². The minimum atomic E-state index is -0.740. The highest BCUT2D eigenvalue weighted by atomic mass is 32.2. The van der Waals surface area contributed by atoms with Gasteiger partial charge in [-0.05, 0) is 0 Å². The molecule has 1 aromatic rings. The molecule has 1 aromatic heterocycles. The smallest absolute Gasteiger partial charge is 0.202 e. The standard InChI is InChI=1S/C7H13N3OS2/c1-3-6-9-7(12-10-6)8-4-5-13(2)11/h3-5H2,1-2H3,(H,8,9,10). The van der Waals surface area contributed by atoms with E-state index in [2.05, 4.69) is 14.7 Å². The fourth-order valence-electron chi connectivity index (χ4n) is 0.771. The average Bonchev–Trinajstić information content (AvgIpc) is 2.52. The van der Waals surface area contributed by atoms with Gasteiger partial charge in [0.05, 0.1) is 0 Å². The van der Waals surface area contributed by atoms with Gasteiger partial charge in [0.2, 0.25) is 5.13 Å². The molecule has 1 N–H and O–H groups in total. The van der Waals surface area contributed by atoms with Crippen molar-refractivity contribution in [2.24, 2.45) is 0 Å². The molecule has 0 aliphatic heterocycles. The van der Waals surface area contributed by atoms with Crippen molar-refractivity contribution in [3.8, 4) is 0 Å². The molecule has 0 aliphatic carbocycles. The number of nitrogens with one attached hydrogen (secondary N) is 1. The third-order valence-corrected chi connectivity index (χ3v) is 2.94. The Morgan fingerprint density at radius 1 is 1.62 bits per heavy atom. The van der Waals surface area contributed by atoms with Crippen molar-refractivity contribution in [3.63, 3.8) is 0 Å². The molecule has 13 heavy (non-hydrogen) atoms. The quantitative estimate of drug-likeness (QED) is 0.799. The van der Waals surface area contributed by atoms with Crippen molar-refractivity contribution >= 4 is 27.5 Å². The van der Waals surface area contributed by atoms with Crippen molar-refractivity contribution in [2.45, 2.75) is 13.3 Å². The van der Waals surface area contributed by atoms with Crippen LogP contribution in [0.5, 0.6) is 0 Å². The predicted molar refractivity (Wildman–Crippen MR) is 56.7 cm³/mol. The van der Waals surface area contributed by atoms with Crippen LogP contribution in [0, 0.1) is 0 Å². The van der Waals surface area contributed by atoms with Crippen LogP contribution in [-0.2, 0) is 17.2 Å². The topological polar surface area (TPSA) is 54.9 Å². The minimum absolute atomic E-state index is 0.654. The Kier molecular flexibility index (Phi) is 4.31. The van der Waals surface area contributed by atoms with Gasteiger partial charge in [-0.25, -0.2) is 4.98 Å². The Labute approximate surface area is 84.4 Å². The van der Waals surface area contributed by atoms with Gasteiger partial charge < -0.3 is 5.32 Å². The van der Waals surface area contributed by atoms with E-state index in [-0.39, 0.29) is 0 Å². The van der Waals surface area contributed by atoms with Crippen LogP contribution < -0.4 is 5.32 Å². The zero-order valence-electron chi connectivity index (χ0n) is 7.74. The highest BCUT2D eigenvalue weighted by Crippen LogP contribution is 2.10. The van der Waals surface area contributed by atoms with E-state index in [9.17, 15) is 4.21 Å². The Morgan fingerprint density at radius 2 is 2.38 bits per heavy atom. The van der Waals surface area contributed by atoms with Gasteiger partial charge in [0, 0.05) is 47.3 Å². The van der Waals surface area contributed by atoms with Crippen LogP contribution in [0.2, 0.25) is 0 Å². The van der Waals surface area contributed by atoms with Gasteiger partial charge in [-0.3, -0.25) is 4.21 Å². The molecule has 0 aromatic carbocycles. The maximum Gasteiger partial charge on any atom is 0.202 e. The first-order valence-corrected chi connectivity index (χ1v) is 6.59. The number of hydrogen-bond donors (Lipinski definition) is 1. The third-order valence-electron chi connectivity index (χ3n) is 1.45. The summed E-state index contributed by atoms with van der Waals surface area (Å²) in [4.78, 5) is 4.22. The maximum atomic E-state index is 10.7. The molecule has 0 saturated heterocycles. The van der Waals surface area contributed by atoms with Gasteiger partial charge in [0.15, 0.2) is 0 Å². The molecule has 0 fully saturated rings. The van der Waals surface area contributed by atoms with Crippen LogP contribution in [0.15, 0.2) is 0 Å². The summed E-state index contributed by atoms with van der Waals surface area (Å²) < 4.78 is 14.9. The molecule has 6 heteroatoms. The van der Waals surface area contributed by atoms with E-state index < -0.39 is 10.8 Å². The monoisotopic (exact) mass is 219 g/mol. The molecular weight excluding hydrogens is 206 g/mol. The first kappa shape index (κ1) is 10.6. The summed E-state index contributed by atoms with van der Waals surface area (Å²) in [7, 11) is -0.740. The van der Waals surface area contributed by atoms with Crippen LogP contribution >= 0.6 is 11.5 Å². The molecule has 1 unspecified atom stereocenters. The first-order chi connectivity index (χ1) is 6.22. The van der Waals surface area contributed by atoms with Crippen molar-refractivity contribution in [1.82, 2.24) is 9.36 Å². The van der Waals surface area contributed by atoms with Gasteiger partial charge in [-0.15, -0.1) is 0 Å². The fourth-order valence-corrected chi connectivity index (χ4v) is 1.84. The Hall–Kier alpha value is -0.490. The largest absolute Gasteiger partial charge is 0.359 e. The lowest BCUT2D eigenvalue weighted by atomic mass is 10.5. The number of aryl methyl sites for hydroxylation is 1. The SMILES string of the molecule is CCc1nsc(NCCS(C)=O)n1. The van der Waals surface area contributed by atoms with Gasteiger partial charge >= 0.3 is 0 Å². The lowest BCUT2D eigenvalue weighted by Gasteiger charge is -1.97. The fraction of sp³-hybridized carbons (Fsp3) is 0.714. The van der Waals surface area contributed by atoms with Crippen LogP contribution in [0.4, 0.5) is 5.13 Å². The molecule has 0 bridgehead atoms. The van der Waals surface area contributed by atoms with Crippen molar-refractivity contribution in [1.29, 1.82) is 0 Å². The Morgan fingerprint density at radius 3 is 2.92 bits per heavy atom. The molecule has 0 spiro atoms. The number of aromatic nitrogens is 2. The van der Waals surface area contributed by atoms with E-state index in [4.69, 9.17) is 0 Å². The molecule has 1 atom stereocenters. The van der Waals surface area contributed by atoms with Crippen molar-refractivity contribution < 1.29 is 4.21 Å². The Balaban J connectivity index is 2.32. The number of nitrogens with zero attached hydrogens (tertiary/aromatic N) is 2. The van der Waals surface area contributed by atoms with Gasteiger partial charge in [-0.2, -0.15) is 4.37 Å². The summed E-state index contributed by atoms with van der Waals surface area (Å²) >= 11 is 1.35. The van der Waals surface area contributed by atoms with E-state index in [0.717, 1.165) is 17.4 Å². The van der Waals surface area contributed by atoms with Crippen molar-refractivity contribution in [2.75, 3.05) is 23.9 Å². The summed E-state index contributed by atoms with van der Waals surface area (Å²) in [6, 6.07) is 0. The summed E-state index contributed by atoms with van der Waals surface area (Å²) in [6.07, 6.45) is 2.55. The highest BCUT2D eigenvalue weighted by Gasteiger charge is 2.00. The number of hydrogen-bond acceptors (Lipinski definition) is 5. The van der Waals surface area contributed by atoms with E-state index in [1.54, 1.807) is 6.26 Å². The molecule has 1 rings (SSSR count). The second-order valence-corrected chi connectivity index (χ2v) is 4.88. The summed E-state index contributed by atoms with van der Waals surface area (Å²) in [5.74, 6) is 1.52. The second-order valence-electron chi connectivity index (χ2n) is 2.57. The lowest BCUT2D eigenvalue weighted by molar-refractivity contribution is 0.687. The van der Waals surface area contributed by atoms with Crippen molar-refractivity contribution in [3.05, 3.63) is 5.82 Å². The molecule has 0 saturated carbocycles. The third kappa shape index (κ3) is 3.82. The molecule has 4 nitrogen and oxygen atoms in total. The first-order valence-electron chi connectivity index (χ1n) is 4.09. The molecule has 0 radical (unpaired) electrons. The minimum Gasteiger partial charge on any atom is -0.359 e. The predicted octanol–water partition coefficient (Wildman–Crippen LogP) is 0.891.